The zero-order valence-electron chi connectivity index (χ0n) is 16.7. The molecule has 30 heavy (non-hydrogen) atoms. The maximum absolute atomic E-state index is 12.8. The van der Waals surface area contributed by atoms with Crippen LogP contribution in [0.1, 0.15) is 29.0 Å². The molecule has 0 bridgehead atoms. The van der Waals surface area contributed by atoms with Crippen LogP contribution in [0, 0.1) is 6.92 Å². The van der Waals surface area contributed by atoms with Crippen LogP contribution in [0.4, 0.5) is 11.4 Å². The Kier molecular flexibility index (Phi) is 4.63. The molecule has 0 saturated carbocycles. The van der Waals surface area contributed by atoms with E-state index >= 15 is 0 Å². The zero-order chi connectivity index (χ0) is 20.5. The van der Waals surface area contributed by atoms with Crippen LogP contribution in [0.3, 0.4) is 0 Å². The normalized spacial score (nSPS) is 13.7. The third-order valence-corrected chi connectivity index (χ3v) is 5.46. The molecule has 3 aromatic heterocycles. The Morgan fingerprint density at radius 3 is 2.77 bits per heavy atom. The Morgan fingerprint density at radius 2 is 1.93 bits per heavy atom. The van der Waals surface area contributed by atoms with Crippen molar-refractivity contribution < 1.29 is 4.79 Å². The van der Waals surface area contributed by atoms with E-state index in [2.05, 4.69) is 36.4 Å². The number of hydrogen-bond acceptors (Lipinski definition) is 5. The molecule has 1 aromatic carbocycles. The maximum Gasteiger partial charge on any atom is 0.276 e. The van der Waals surface area contributed by atoms with E-state index in [4.69, 9.17) is 0 Å². The van der Waals surface area contributed by atoms with Crippen LogP contribution in [0.2, 0.25) is 0 Å². The quantitative estimate of drug-likeness (QED) is 0.538. The number of H-pyrrole nitrogens is 1. The first-order valence-corrected chi connectivity index (χ1v) is 10.1. The Hall–Kier alpha value is -3.74. The maximum atomic E-state index is 12.8. The summed E-state index contributed by atoms with van der Waals surface area (Å²) in [5.41, 5.74) is 5.89. The third-order valence-electron chi connectivity index (χ3n) is 5.46. The summed E-state index contributed by atoms with van der Waals surface area (Å²) in [6.45, 7) is 4.03. The van der Waals surface area contributed by atoms with Crippen LogP contribution < -0.4 is 10.2 Å². The van der Waals surface area contributed by atoms with Crippen molar-refractivity contribution >= 4 is 28.2 Å². The molecule has 150 valence electrons. The molecule has 1 amide bonds. The van der Waals surface area contributed by atoms with Gasteiger partial charge in [0, 0.05) is 47.8 Å². The van der Waals surface area contributed by atoms with Gasteiger partial charge in [-0.1, -0.05) is 6.07 Å². The van der Waals surface area contributed by atoms with Gasteiger partial charge in [0.25, 0.3) is 5.91 Å². The van der Waals surface area contributed by atoms with Crippen LogP contribution in [-0.2, 0) is 0 Å². The summed E-state index contributed by atoms with van der Waals surface area (Å²) in [5.74, 6) is -0.257. The van der Waals surface area contributed by atoms with Gasteiger partial charge in [-0.25, -0.2) is 0 Å². The Bertz CT molecular complexity index is 1230. The van der Waals surface area contributed by atoms with Crippen LogP contribution in [0.25, 0.3) is 22.0 Å². The molecule has 7 heteroatoms. The van der Waals surface area contributed by atoms with Crippen molar-refractivity contribution in [2.45, 2.75) is 19.8 Å². The second-order valence-electron chi connectivity index (χ2n) is 7.60. The fourth-order valence-corrected chi connectivity index (χ4v) is 3.91. The first kappa shape index (κ1) is 18.3. The SMILES string of the molecule is Cc1cc(NC(=O)c2n[nH]c3ccc(-c4cncc(N5CCCC5)c4)cc23)ccn1. The number of rotatable bonds is 4. The molecule has 4 aromatic rings. The predicted molar refractivity (Wildman–Crippen MR) is 118 cm³/mol. The molecule has 0 unspecified atom stereocenters. The summed E-state index contributed by atoms with van der Waals surface area (Å²) in [4.78, 5) is 23.8. The van der Waals surface area contributed by atoms with Crippen molar-refractivity contribution in [3.8, 4) is 11.1 Å². The van der Waals surface area contributed by atoms with Crippen LogP contribution in [-0.4, -0.2) is 39.2 Å². The van der Waals surface area contributed by atoms with Gasteiger partial charge in [-0.15, -0.1) is 0 Å². The van der Waals surface area contributed by atoms with Gasteiger partial charge in [-0.2, -0.15) is 5.10 Å². The number of aromatic nitrogens is 4. The van der Waals surface area contributed by atoms with E-state index in [0.29, 0.717) is 11.4 Å². The number of nitrogens with zero attached hydrogens (tertiary/aromatic N) is 4. The number of aryl methyl sites for hydroxylation is 1. The summed E-state index contributed by atoms with van der Waals surface area (Å²) >= 11 is 0. The minimum atomic E-state index is -0.257. The Balaban J connectivity index is 1.47. The standard InChI is InChI=1S/C23H22N6O/c1-15-10-18(6-7-25-15)26-23(30)22-20-12-16(4-5-21(20)27-28-22)17-11-19(14-24-13-17)29-8-2-3-9-29/h4-7,10-14H,2-3,8-9H2,1H3,(H,27,28)(H,25,26,30). The molecule has 0 atom stereocenters. The number of carbonyl (C=O) groups is 1. The number of hydrogen-bond donors (Lipinski definition) is 2. The lowest BCUT2D eigenvalue weighted by Crippen LogP contribution is -2.17. The van der Waals surface area contributed by atoms with E-state index in [9.17, 15) is 4.79 Å². The minimum absolute atomic E-state index is 0.257. The van der Waals surface area contributed by atoms with Crippen molar-refractivity contribution in [1.29, 1.82) is 0 Å². The molecule has 0 radical (unpaired) electrons. The number of aromatic amines is 1. The second-order valence-corrected chi connectivity index (χ2v) is 7.60. The van der Waals surface area contributed by atoms with Crippen molar-refractivity contribution in [2.75, 3.05) is 23.3 Å². The molecule has 1 aliphatic heterocycles. The van der Waals surface area contributed by atoms with Crippen molar-refractivity contribution in [3.05, 3.63) is 66.4 Å². The van der Waals surface area contributed by atoms with Crippen molar-refractivity contribution in [3.63, 3.8) is 0 Å². The molecule has 4 heterocycles. The second kappa shape index (κ2) is 7.59. The van der Waals surface area contributed by atoms with Gasteiger partial charge < -0.3 is 10.2 Å². The molecule has 2 N–H and O–H groups in total. The number of nitrogens with one attached hydrogen (secondary N) is 2. The fourth-order valence-electron chi connectivity index (χ4n) is 3.91. The smallest absolute Gasteiger partial charge is 0.276 e. The number of benzene rings is 1. The molecular weight excluding hydrogens is 376 g/mol. The molecule has 7 nitrogen and oxygen atoms in total. The van der Waals surface area contributed by atoms with E-state index in [1.54, 1.807) is 12.3 Å². The molecule has 1 aliphatic rings. The van der Waals surface area contributed by atoms with Gasteiger partial charge in [-0.05, 0) is 55.7 Å². The predicted octanol–water partition coefficient (Wildman–Crippen LogP) is 4.18. The topological polar surface area (TPSA) is 86.8 Å². The van der Waals surface area contributed by atoms with Gasteiger partial charge in [-0.3, -0.25) is 19.9 Å². The van der Waals surface area contributed by atoms with Crippen molar-refractivity contribution in [1.82, 2.24) is 20.2 Å². The third kappa shape index (κ3) is 3.50. The van der Waals surface area contributed by atoms with Crippen LogP contribution in [0.15, 0.2) is 55.0 Å². The summed E-state index contributed by atoms with van der Waals surface area (Å²) < 4.78 is 0. The van der Waals surface area contributed by atoms with Gasteiger partial charge in [0.15, 0.2) is 5.69 Å². The van der Waals surface area contributed by atoms with Crippen molar-refractivity contribution in [2.24, 2.45) is 0 Å². The highest BCUT2D eigenvalue weighted by Gasteiger charge is 2.17. The number of pyridine rings is 2. The average Bonchev–Trinajstić information content (AvgIpc) is 3.43. The summed E-state index contributed by atoms with van der Waals surface area (Å²) in [5, 5.41) is 10.9. The van der Waals surface area contributed by atoms with E-state index in [-0.39, 0.29) is 5.91 Å². The van der Waals surface area contributed by atoms with E-state index in [1.807, 2.05) is 43.6 Å². The van der Waals surface area contributed by atoms with Crippen LogP contribution in [0.5, 0.6) is 0 Å². The minimum Gasteiger partial charge on any atom is -0.370 e. The zero-order valence-corrected chi connectivity index (χ0v) is 16.7. The lowest BCUT2D eigenvalue weighted by molar-refractivity contribution is 0.102. The van der Waals surface area contributed by atoms with Gasteiger partial charge in [0.1, 0.15) is 0 Å². The summed E-state index contributed by atoms with van der Waals surface area (Å²) in [6, 6.07) is 11.7. The fraction of sp³-hybridized carbons (Fsp3) is 0.217. The largest absolute Gasteiger partial charge is 0.370 e. The van der Waals surface area contributed by atoms with Crippen LogP contribution >= 0.6 is 0 Å². The number of carbonyl (C=O) groups excluding carboxylic acids is 1. The number of amides is 1. The van der Waals surface area contributed by atoms with Gasteiger partial charge in [0.05, 0.1) is 17.4 Å². The Labute approximate surface area is 174 Å². The van der Waals surface area contributed by atoms with E-state index < -0.39 is 0 Å². The molecule has 1 saturated heterocycles. The first-order valence-electron chi connectivity index (χ1n) is 10.1. The van der Waals surface area contributed by atoms with Gasteiger partial charge >= 0.3 is 0 Å². The number of anilines is 2. The first-order chi connectivity index (χ1) is 14.7. The molecule has 5 rings (SSSR count). The summed E-state index contributed by atoms with van der Waals surface area (Å²) in [6.07, 6.45) is 7.90. The monoisotopic (exact) mass is 398 g/mol. The summed E-state index contributed by atoms with van der Waals surface area (Å²) in [7, 11) is 0. The molecule has 1 fully saturated rings. The highest BCUT2D eigenvalue weighted by Crippen LogP contribution is 2.29. The lowest BCUT2D eigenvalue weighted by Gasteiger charge is -2.17. The number of fused-ring (bicyclic) bond motifs is 1. The van der Waals surface area contributed by atoms with Gasteiger partial charge in [0.2, 0.25) is 0 Å². The molecular formula is C23H22N6O. The highest BCUT2D eigenvalue weighted by molar-refractivity contribution is 6.11. The molecule has 0 spiro atoms. The van der Waals surface area contributed by atoms with E-state index in [0.717, 1.165) is 46.5 Å². The lowest BCUT2D eigenvalue weighted by atomic mass is 10.0. The van der Waals surface area contributed by atoms with E-state index in [1.165, 1.54) is 12.8 Å². The molecule has 0 aliphatic carbocycles. The highest BCUT2D eigenvalue weighted by atomic mass is 16.1. The Morgan fingerprint density at radius 1 is 1.07 bits per heavy atom. The average molecular weight is 398 g/mol.